The summed E-state index contributed by atoms with van der Waals surface area (Å²) in [5, 5.41) is 10.6. The summed E-state index contributed by atoms with van der Waals surface area (Å²) >= 11 is 4.84. The maximum atomic E-state index is 10.6. The van der Waals surface area contributed by atoms with Gasteiger partial charge in [-0.15, -0.1) is 0 Å². The van der Waals surface area contributed by atoms with Gasteiger partial charge in [-0.2, -0.15) is 0 Å². The number of imidazole rings is 1. The first-order chi connectivity index (χ1) is 6.79. The van der Waals surface area contributed by atoms with Crippen LogP contribution in [0.15, 0.2) is 6.20 Å². The van der Waals surface area contributed by atoms with E-state index < -0.39 is 6.09 Å². The highest BCUT2D eigenvalue weighted by Gasteiger charge is 2.08. The van der Waals surface area contributed by atoms with Gasteiger partial charge >= 0.3 is 0 Å². The summed E-state index contributed by atoms with van der Waals surface area (Å²) in [6.45, 7) is 0.905. The van der Waals surface area contributed by atoms with Crippen molar-refractivity contribution in [3.63, 3.8) is 0 Å². The topological polar surface area (TPSA) is 60.9 Å². The molecule has 1 rings (SSSR count). The number of carboxylic acid groups (broad SMARTS) is 1. The highest BCUT2D eigenvalue weighted by atomic mass is 32.1. The normalized spacial score (nSPS) is 11.7. The van der Waals surface area contributed by atoms with E-state index in [9.17, 15) is 9.90 Å². The predicted octanol–water partition coefficient (Wildman–Crippen LogP) is -0.0142. The molecule has 0 atom stereocenters. The van der Waals surface area contributed by atoms with Crippen LogP contribution < -0.4 is 5.11 Å². The lowest BCUT2D eigenvalue weighted by molar-refractivity contribution is -0.870. The minimum Gasteiger partial charge on any atom is -0.529 e. The van der Waals surface area contributed by atoms with Gasteiger partial charge in [0.2, 0.25) is 0 Å². The fraction of sp³-hybridized carbons (Fsp3) is 0.556. The van der Waals surface area contributed by atoms with E-state index in [4.69, 9.17) is 12.2 Å². The summed E-state index contributed by atoms with van der Waals surface area (Å²) in [6, 6.07) is 0. The molecule has 0 bridgehead atoms. The molecule has 0 aliphatic carbocycles. The van der Waals surface area contributed by atoms with Crippen LogP contribution in [0.5, 0.6) is 0 Å². The summed E-state index contributed by atoms with van der Waals surface area (Å²) in [5.41, 5.74) is 0.817. The SMILES string of the molecule is C[N+](C)(C)CCc1cn(C(=O)[O-])c(=S)[nH]1. The number of carbonyl (C=O) groups excluding carboxylic acids is 1. The Morgan fingerprint density at radius 1 is 1.60 bits per heavy atom. The molecule has 0 spiro atoms. The first-order valence-corrected chi connectivity index (χ1v) is 5.03. The fourth-order valence-electron chi connectivity index (χ4n) is 1.16. The average molecular weight is 229 g/mol. The molecule has 6 heteroatoms. The van der Waals surface area contributed by atoms with Gasteiger partial charge in [-0.1, -0.05) is 0 Å². The summed E-state index contributed by atoms with van der Waals surface area (Å²) < 4.78 is 1.91. The molecule has 0 saturated heterocycles. The number of aromatic nitrogens is 2. The van der Waals surface area contributed by atoms with Crippen LogP contribution in [-0.2, 0) is 6.42 Å². The molecule has 1 aromatic heterocycles. The Bertz CT molecular complexity index is 414. The minimum absolute atomic E-state index is 0.173. The van der Waals surface area contributed by atoms with Crippen molar-refractivity contribution in [2.75, 3.05) is 27.7 Å². The van der Waals surface area contributed by atoms with Crippen LogP contribution in [0, 0.1) is 4.77 Å². The van der Waals surface area contributed by atoms with Crippen LogP contribution in [-0.4, -0.2) is 47.8 Å². The molecule has 0 amide bonds. The first-order valence-electron chi connectivity index (χ1n) is 4.62. The Morgan fingerprint density at radius 3 is 2.60 bits per heavy atom. The Balaban J connectivity index is 2.77. The molecule has 0 aromatic carbocycles. The third-order valence-corrected chi connectivity index (χ3v) is 2.32. The number of quaternary nitrogens is 1. The van der Waals surface area contributed by atoms with E-state index in [1.807, 2.05) is 0 Å². The summed E-state index contributed by atoms with van der Waals surface area (Å²) in [6.07, 6.45) is 0.938. The third-order valence-electron chi connectivity index (χ3n) is 2.02. The van der Waals surface area contributed by atoms with Crippen LogP contribution in [0.4, 0.5) is 4.79 Å². The number of hydrogen-bond acceptors (Lipinski definition) is 3. The first kappa shape index (κ1) is 11.9. The summed E-state index contributed by atoms with van der Waals surface area (Å²) in [4.78, 5) is 13.4. The molecule has 84 valence electrons. The van der Waals surface area contributed by atoms with E-state index in [0.717, 1.165) is 27.7 Å². The summed E-state index contributed by atoms with van der Waals surface area (Å²) in [7, 11) is 6.22. The predicted molar refractivity (Wildman–Crippen MR) is 57.0 cm³/mol. The maximum Gasteiger partial charge on any atom is 0.182 e. The van der Waals surface area contributed by atoms with E-state index in [-0.39, 0.29) is 4.77 Å². The Kier molecular flexibility index (Phi) is 3.31. The number of carbonyl (C=O) groups is 1. The van der Waals surface area contributed by atoms with Crippen molar-refractivity contribution >= 4 is 18.3 Å². The van der Waals surface area contributed by atoms with Gasteiger partial charge in [0.05, 0.1) is 27.7 Å². The number of rotatable bonds is 3. The number of hydrogen-bond donors (Lipinski definition) is 1. The number of nitrogens with one attached hydrogen (secondary N) is 1. The van der Waals surface area contributed by atoms with Gasteiger partial charge in [0.15, 0.2) is 4.77 Å². The second kappa shape index (κ2) is 4.16. The van der Waals surface area contributed by atoms with Crippen LogP contribution in [0.2, 0.25) is 0 Å². The largest absolute Gasteiger partial charge is 0.529 e. The van der Waals surface area contributed by atoms with Gasteiger partial charge in [-0.05, 0) is 12.2 Å². The van der Waals surface area contributed by atoms with E-state index in [2.05, 4.69) is 26.1 Å². The molecule has 15 heavy (non-hydrogen) atoms. The molecule has 1 N–H and O–H groups in total. The highest BCUT2D eigenvalue weighted by molar-refractivity contribution is 7.71. The van der Waals surface area contributed by atoms with E-state index in [1.165, 1.54) is 6.20 Å². The van der Waals surface area contributed by atoms with Gasteiger partial charge in [-0.25, -0.2) is 0 Å². The molecule has 0 saturated carbocycles. The minimum atomic E-state index is -1.30. The van der Waals surface area contributed by atoms with Crippen molar-refractivity contribution in [3.05, 3.63) is 16.7 Å². The monoisotopic (exact) mass is 229 g/mol. The van der Waals surface area contributed by atoms with Crippen molar-refractivity contribution in [2.45, 2.75) is 6.42 Å². The van der Waals surface area contributed by atoms with Crippen LogP contribution in [0.25, 0.3) is 0 Å². The average Bonchev–Trinajstić information content (AvgIpc) is 2.42. The van der Waals surface area contributed by atoms with Crippen molar-refractivity contribution in [2.24, 2.45) is 0 Å². The fourth-order valence-corrected chi connectivity index (χ4v) is 1.42. The number of aromatic amines is 1. The second-order valence-electron chi connectivity index (χ2n) is 4.48. The van der Waals surface area contributed by atoms with Crippen molar-refractivity contribution < 1.29 is 14.4 Å². The second-order valence-corrected chi connectivity index (χ2v) is 4.87. The lowest BCUT2D eigenvalue weighted by atomic mass is 10.3. The van der Waals surface area contributed by atoms with Crippen molar-refractivity contribution in [1.29, 1.82) is 0 Å². The van der Waals surface area contributed by atoms with Crippen molar-refractivity contribution in [3.8, 4) is 0 Å². The number of likely N-dealkylation sites (N-methyl/N-ethyl adjacent to an activating group) is 1. The van der Waals surface area contributed by atoms with E-state index in [1.54, 1.807) is 0 Å². The quantitative estimate of drug-likeness (QED) is 0.585. The Morgan fingerprint density at radius 2 is 2.20 bits per heavy atom. The van der Waals surface area contributed by atoms with Gasteiger partial charge < -0.3 is 19.4 Å². The zero-order valence-electron chi connectivity index (χ0n) is 9.11. The molecule has 0 unspecified atom stereocenters. The van der Waals surface area contributed by atoms with Gasteiger partial charge in [0.25, 0.3) is 0 Å². The third kappa shape index (κ3) is 3.49. The molecule has 5 nitrogen and oxygen atoms in total. The van der Waals surface area contributed by atoms with E-state index >= 15 is 0 Å². The summed E-state index contributed by atoms with van der Waals surface area (Å²) in [5.74, 6) is 0. The lowest BCUT2D eigenvalue weighted by Gasteiger charge is -2.23. The molecular formula is C9H15N3O2S. The van der Waals surface area contributed by atoms with Gasteiger partial charge in [0.1, 0.15) is 6.09 Å². The molecule has 1 aromatic rings. The van der Waals surface area contributed by atoms with Gasteiger partial charge in [0, 0.05) is 18.3 Å². The van der Waals surface area contributed by atoms with Crippen LogP contribution in [0.1, 0.15) is 5.69 Å². The van der Waals surface area contributed by atoms with Crippen LogP contribution >= 0.6 is 12.2 Å². The standard InChI is InChI=1S/C9H15N3O2S/c1-12(2,3)5-4-7-6-11(9(13)14)8(15)10-7/h6H,4-5H2,1-3H3,(H-,10,13,14,15). The zero-order chi connectivity index (χ0) is 11.6. The van der Waals surface area contributed by atoms with Crippen molar-refractivity contribution in [1.82, 2.24) is 9.55 Å². The highest BCUT2D eigenvalue weighted by Crippen LogP contribution is 2.02. The Labute approximate surface area is 93.5 Å². The van der Waals surface area contributed by atoms with Crippen LogP contribution in [0.3, 0.4) is 0 Å². The lowest BCUT2D eigenvalue weighted by Crippen LogP contribution is -2.36. The molecular weight excluding hydrogens is 214 g/mol. The molecule has 0 fully saturated rings. The molecule has 1 heterocycles. The smallest absolute Gasteiger partial charge is 0.182 e. The maximum absolute atomic E-state index is 10.6. The van der Waals surface area contributed by atoms with E-state index in [0.29, 0.717) is 0 Å². The number of H-pyrrole nitrogens is 1. The number of nitrogens with zero attached hydrogens (tertiary/aromatic N) is 2. The Hall–Kier alpha value is -1.14. The molecule has 0 aliphatic rings. The molecule has 0 radical (unpaired) electrons. The van der Waals surface area contributed by atoms with Gasteiger partial charge in [-0.3, -0.25) is 4.57 Å². The zero-order valence-corrected chi connectivity index (χ0v) is 9.93. The molecule has 0 aliphatic heterocycles.